The van der Waals surface area contributed by atoms with Crippen molar-refractivity contribution in [2.24, 2.45) is 0 Å². The van der Waals surface area contributed by atoms with Gasteiger partial charge in [-0.2, -0.15) is 4.31 Å². The first kappa shape index (κ1) is 25.7. The Kier molecular flexibility index (Phi) is 8.24. The van der Waals surface area contributed by atoms with E-state index in [1.54, 1.807) is 50.2 Å². The van der Waals surface area contributed by atoms with Gasteiger partial charge >= 0.3 is 0 Å². The summed E-state index contributed by atoms with van der Waals surface area (Å²) in [6, 6.07) is 15.6. The number of aryl methyl sites for hydroxylation is 3. The van der Waals surface area contributed by atoms with Gasteiger partial charge in [-0.3, -0.25) is 4.79 Å². The number of anilines is 1. The monoisotopic (exact) mass is 568 g/mol. The highest BCUT2D eigenvalue weighted by Crippen LogP contribution is 2.28. The van der Waals surface area contributed by atoms with Crippen LogP contribution < -0.4 is 5.32 Å². The number of rotatable bonds is 7. The van der Waals surface area contributed by atoms with Crippen LogP contribution in [0.25, 0.3) is 0 Å². The standard InChI is InChI=1S/C24H23BrCl2N2O3S/c1-15-9-16(2)24(17(3)10-15)33(31,32)29(13-18-7-8-21(26)22(27)11-18)14-23(30)28-20-6-4-5-19(25)12-20/h4-12H,13-14H2,1-3H3,(H,28,30). The molecule has 0 spiro atoms. The number of nitrogens with zero attached hydrogens (tertiary/aromatic N) is 1. The number of sulfonamides is 1. The molecule has 0 radical (unpaired) electrons. The third-order valence-electron chi connectivity index (χ3n) is 4.97. The van der Waals surface area contributed by atoms with Crippen LogP contribution in [0.1, 0.15) is 22.3 Å². The fourth-order valence-corrected chi connectivity index (χ4v) is 6.21. The van der Waals surface area contributed by atoms with Gasteiger partial charge in [0.05, 0.1) is 21.5 Å². The second-order valence-corrected chi connectivity index (χ2v) is 11.4. The molecule has 0 aliphatic carbocycles. The minimum absolute atomic E-state index is 0.0438. The summed E-state index contributed by atoms with van der Waals surface area (Å²) in [6.45, 7) is 5.01. The lowest BCUT2D eigenvalue weighted by Gasteiger charge is -2.24. The maximum absolute atomic E-state index is 13.8. The van der Waals surface area contributed by atoms with Crippen LogP contribution in [-0.4, -0.2) is 25.2 Å². The molecule has 33 heavy (non-hydrogen) atoms. The molecule has 9 heteroatoms. The SMILES string of the molecule is Cc1cc(C)c(S(=O)(=O)N(CC(=O)Nc2cccc(Br)c2)Cc2ccc(Cl)c(Cl)c2)c(C)c1. The van der Waals surface area contributed by atoms with E-state index in [9.17, 15) is 13.2 Å². The third kappa shape index (κ3) is 6.37. The summed E-state index contributed by atoms with van der Waals surface area (Å²) >= 11 is 15.5. The van der Waals surface area contributed by atoms with E-state index in [-0.39, 0.29) is 18.0 Å². The molecule has 0 unspecified atom stereocenters. The van der Waals surface area contributed by atoms with E-state index in [1.165, 1.54) is 0 Å². The average molecular weight is 570 g/mol. The predicted molar refractivity (Wildman–Crippen MR) is 137 cm³/mol. The zero-order valence-electron chi connectivity index (χ0n) is 18.3. The maximum atomic E-state index is 13.8. The van der Waals surface area contributed by atoms with Crippen LogP contribution in [0.3, 0.4) is 0 Å². The molecule has 0 atom stereocenters. The van der Waals surface area contributed by atoms with Gasteiger partial charge in [-0.25, -0.2) is 8.42 Å². The van der Waals surface area contributed by atoms with E-state index in [4.69, 9.17) is 23.2 Å². The van der Waals surface area contributed by atoms with Crippen LogP contribution in [-0.2, 0) is 21.4 Å². The Morgan fingerprint density at radius 1 is 0.970 bits per heavy atom. The first-order valence-electron chi connectivity index (χ1n) is 10.0. The van der Waals surface area contributed by atoms with E-state index in [0.717, 1.165) is 14.3 Å². The van der Waals surface area contributed by atoms with Crippen molar-refractivity contribution >= 4 is 60.7 Å². The van der Waals surface area contributed by atoms with E-state index < -0.39 is 15.9 Å². The molecule has 5 nitrogen and oxygen atoms in total. The van der Waals surface area contributed by atoms with Crippen LogP contribution in [0, 0.1) is 20.8 Å². The minimum Gasteiger partial charge on any atom is -0.325 e. The molecule has 0 fully saturated rings. The van der Waals surface area contributed by atoms with Crippen molar-refractivity contribution in [2.45, 2.75) is 32.2 Å². The summed E-state index contributed by atoms with van der Waals surface area (Å²) in [5.74, 6) is -0.459. The molecule has 3 aromatic rings. The van der Waals surface area contributed by atoms with Crippen molar-refractivity contribution < 1.29 is 13.2 Å². The largest absolute Gasteiger partial charge is 0.325 e. The minimum atomic E-state index is -4.01. The molecule has 1 N–H and O–H groups in total. The van der Waals surface area contributed by atoms with Gasteiger partial charge in [0.2, 0.25) is 15.9 Å². The molecule has 3 rings (SSSR count). The lowest BCUT2D eigenvalue weighted by atomic mass is 10.1. The summed E-state index contributed by atoms with van der Waals surface area (Å²) in [5.41, 5.74) is 3.39. The molecular formula is C24H23BrCl2N2O3S. The molecule has 0 saturated carbocycles. The Balaban J connectivity index is 1.99. The molecule has 0 aliphatic rings. The number of carbonyl (C=O) groups excluding carboxylic acids is 1. The van der Waals surface area contributed by atoms with Gasteiger partial charge in [0, 0.05) is 16.7 Å². The van der Waals surface area contributed by atoms with E-state index in [2.05, 4.69) is 21.2 Å². The Bertz CT molecular complexity index is 1290. The van der Waals surface area contributed by atoms with Crippen LogP contribution >= 0.6 is 39.1 Å². The number of amides is 1. The first-order valence-corrected chi connectivity index (χ1v) is 13.0. The summed E-state index contributed by atoms with van der Waals surface area (Å²) in [4.78, 5) is 13.1. The van der Waals surface area contributed by atoms with Crippen molar-refractivity contribution in [1.29, 1.82) is 0 Å². The van der Waals surface area contributed by atoms with Crippen molar-refractivity contribution in [3.8, 4) is 0 Å². The van der Waals surface area contributed by atoms with Gasteiger partial charge in [0.15, 0.2) is 0 Å². The fourth-order valence-electron chi connectivity index (χ4n) is 3.70. The molecule has 0 aliphatic heterocycles. The number of hydrogen-bond acceptors (Lipinski definition) is 3. The highest BCUT2D eigenvalue weighted by atomic mass is 79.9. The predicted octanol–water partition coefficient (Wildman–Crippen LogP) is 6.51. The van der Waals surface area contributed by atoms with Crippen LogP contribution in [0.4, 0.5) is 5.69 Å². The molecule has 0 saturated heterocycles. The van der Waals surface area contributed by atoms with E-state index in [0.29, 0.717) is 32.4 Å². The molecule has 3 aromatic carbocycles. The van der Waals surface area contributed by atoms with Gasteiger partial charge in [0.1, 0.15) is 0 Å². The quantitative estimate of drug-likeness (QED) is 0.352. The molecule has 0 bridgehead atoms. The lowest BCUT2D eigenvalue weighted by Crippen LogP contribution is -2.38. The topological polar surface area (TPSA) is 66.5 Å². The zero-order chi connectivity index (χ0) is 24.3. The fraction of sp³-hybridized carbons (Fsp3) is 0.208. The number of benzene rings is 3. The van der Waals surface area contributed by atoms with Gasteiger partial charge < -0.3 is 5.32 Å². The highest BCUT2D eigenvalue weighted by molar-refractivity contribution is 9.10. The third-order valence-corrected chi connectivity index (χ3v) is 8.30. The maximum Gasteiger partial charge on any atom is 0.244 e. The number of carbonyl (C=O) groups is 1. The van der Waals surface area contributed by atoms with E-state index >= 15 is 0 Å². The van der Waals surface area contributed by atoms with E-state index in [1.807, 2.05) is 25.1 Å². The molecule has 1 amide bonds. The summed E-state index contributed by atoms with van der Waals surface area (Å²) in [7, 11) is -4.01. The lowest BCUT2D eigenvalue weighted by molar-refractivity contribution is -0.116. The van der Waals surface area contributed by atoms with Crippen LogP contribution in [0.15, 0.2) is 64.0 Å². The second-order valence-electron chi connectivity index (χ2n) is 7.81. The number of nitrogens with one attached hydrogen (secondary N) is 1. The Labute approximate surface area is 212 Å². The van der Waals surface area contributed by atoms with Crippen molar-refractivity contribution in [3.05, 3.63) is 91.4 Å². The molecule has 0 heterocycles. The Morgan fingerprint density at radius 3 is 2.24 bits per heavy atom. The molecular weight excluding hydrogens is 547 g/mol. The zero-order valence-corrected chi connectivity index (χ0v) is 22.2. The van der Waals surface area contributed by atoms with Gasteiger partial charge in [-0.1, -0.05) is 69.0 Å². The second kappa shape index (κ2) is 10.6. The van der Waals surface area contributed by atoms with Crippen molar-refractivity contribution in [2.75, 3.05) is 11.9 Å². The Morgan fingerprint density at radius 2 is 1.64 bits per heavy atom. The van der Waals surface area contributed by atoms with Gasteiger partial charge in [0.25, 0.3) is 0 Å². The summed E-state index contributed by atoms with van der Waals surface area (Å²) in [5, 5.41) is 3.44. The normalized spacial score (nSPS) is 11.6. The molecule has 0 aromatic heterocycles. The summed E-state index contributed by atoms with van der Waals surface area (Å²) in [6.07, 6.45) is 0. The number of hydrogen-bond donors (Lipinski definition) is 1. The smallest absolute Gasteiger partial charge is 0.244 e. The first-order chi connectivity index (χ1) is 15.5. The van der Waals surface area contributed by atoms with Crippen LogP contribution in [0.5, 0.6) is 0 Å². The van der Waals surface area contributed by atoms with Gasteiger partial charge in [-0.05, 0) is 67.8 Å². The molecule has 174 valence electrons. The number of halogens is 3. The van der Waals surface area contributed by atoms with Crippen molar-refractivity contribution in [3.63, 3.8) is 0 Å². The average Bonchev–Trinajstić information content (AvgIpc) is 2.69. The highest BCUT2D eigenvalue weighted by Gasteiger charge is 2.30. The van der Waals surface area contributed by atoms with Crippen LogP contribution in [0.2, 0.25) is 10.0 Å². The van der Waals surface area contributed by atoms with Gasteiger partial charge in [-0.15, -0.1) is 0 Å². The van der Waals surface area contributed by atoms with Crippen molar-refractivity contribution in [1.82, 2.24) is 4.31 Å². The Hall–Kier alpha value is -1.90. The summed E-state index contributed by atoms with van der Waals surface area (Å²) < 4.78 is 29.5.